The minimum Gasteiger partial charge on any atom is -0.329 e. The summed E-state index contributed by atoms with van der Waals surface area (Å²) >= 11 is 0. The van der Waals surface area contributed by atoms with E-state index in [1.165, 1.54) is 29.2 Å². The van der Waals surface area contributed by atoms with E-state index >= 15 is 0 Å². The van der Waals surface area contributed by atoms with Crippen LogP contribution in [-0.4, -0.2) is 42.3 Å². The van der Waals surface area contributed by atoms with Gasteiger partial charge < -0.3 is 9.47 Å². The van der Waals surface area contributed by atoms with Crippen LogP contribution >= 0.6 is 0 Å². The number of aromatic nitrogens is 5. The van der Waals surface area contributed by atoms with Gasteiger partial charge in [-0.1, -0.05) is 6.07 Å². The van der Waals surface area contributed by atoms with E-state index in [9.17, 15) is 22.8 Å². The molecule has 0 bridgehead atoms. The van der Waals surface area contributed by atoms with Crippen LogP contribution in [0.25, 0.3) is 11.4 Å². The molecule has 0 fully saturated rings. The second-order valence-electron chi connectivity index (χ2n) is 8.72. The molecule has 184 valence electrons. The maximum atomic E-state index is 14.7. The number of aromatic amines is 1. The van der Waals surface area contributed by atoms with E-state index in [1.807, 2.05) is 0 Å². The zero-order valence-electron chi connectivity index (χ0n) is 19.5. The molecule has 0 atom stereocenters. The quantitative estimate of drug-likeness (QED) is 0.470. The van der Waals surface area contributed by atoms with Crippen LogP contribution < -0.4 is 5.56 Å². The highest BCUT2D eigenvalue weighted by Gasteiger charge is 2.27. The largest absolute Gasteiger partial charge is 0.329 e. The Labute approximate surface area is 203 Å². The number of halogens is 3. The molecule has 0 spiro atoms. The lowest BCUT2D eigenvalue weighted by Gasteiger charge is -2.28. The Morgan fingerprint density at radius 2 is 1.75 bits per heavy atom. The third kappa shape index (κ3) is 4.28. The van der Waals surface area contributed by atoms with Crippen LogP contribution in [0.4, 0.5) is 13.2 Å². The Morgan fingerprint density at radius 1 is 1.00 bits per heavy atom. The van der Waals surface area contributed by atoms with E-state index in [2.05, 4.69) is 20.4 Å². The number of fused-ring (bicyclic) bond motifs is 1. The van der Waals surface area contributed by atoms with Gasteiger partial charge in [-0.15, -0.1) is 10.2 Å². The van der Waals surface area contributed by atoms with Gasteiger partial charge in [0.05, 0.1) is 17.8 Å². The van der Waals surface area contributed by atoms with Gasteiger partial charge in [0.25, 0.3) is 11.5 Å². The first-order chi connectivity index (χ1) is 17.2. The molecule has 3 heterocycles. The van der Waals surface area contributed by atoms with Gasteiger partial charge in [-0.25, -0.2) is 18.3 Å². The Bertz CT molecular complexity index is 1540. The Kier molecular flexibility index (Phi) is 5.91. The number of nitrogens with zero attached hydrogens (tertiary/aromatic N) is 5. The summed E-state index contributed by atoms with van der Waals surface area (Å²) in [4.78, 5) is 26.4. The third-order valence-electron chi connectivity index (χ3n) is 6.42. The van der Waals surface area contributed by atoms with E-state index in [0.29, 0.717) is 34.9 Å². The summed E-state index contributed by atoms with van der Waals surface area (Å²) in [6.45, 7) is 4.07. The first kappa shape index (κ1) is 23.5. The number of carbonyl (C=O) groups is 1. The molecule has 8 nitrogen and oxygen atoms in total. The monoisotopic (exact) mass is 494 g/mol. The van der Waals surface area contributed by atoms with Crippen LogP contribution in [0.2, 0.25) is 0 Å². The van der Waals surface area contributed by atoms with Gasteiger partial charge in [0, 0.05) is 36.7 Å². The van der Waals surface area contributed by atoms with E-state index in [4.69, 9.17) is 0 Å². The predicted molar refractivity (Wildman–Crippen MR) is 124 cm³/mol. The number of nitrogens with one attached hydrogen (secondary N) is 1. The smallest absolute Gasteiger partial charge is 0.267 e. The second-order valence-corrected chi connectivity index (χ2v) is 8.72. The van der Waals surface area contributed by atoms with Gasteiger partial charge in [0.1, 0.15) is 17.5 Å². The maximum Gasteiger partial charge on any atom is 0.267 e. The molecule has 4 aromatic rings. The molecule has 1 amide bonds. The summed E-state index contributed by atoms with van der Waals surface area (Å²) in [5.41, 5.74) is 2.46. The topological polar surface area (TPSA) is 96.8 Å². The molecule has 36 heavy (non-hydrogen) atoms. The second kappa shape index (κ2) is 9.06. The fourth-order valence-electron chi connectivity index (χ4n) is 4.28. The van der Waals surface area contributed by atoms with Gasteiger partial charge in [0.15, 0.2) is 11.6 Å². The van der Waals surface area contributed by atoms with Crippen molar-refractivity contribution in [2.45, 2.75) is 33.4 Å². The summed E-state index contributed by atoms with van der Waals surface area (Å²) in [5, 5.41) is 14.7. The molecule has 0 saturated carbocycles. The van der Waals surface area contributed by atoms with Crippen molar-refractivity contribution in [1.29, 1.82) is 0 Å². The Morgan fingerprint density at radius 3 is 2.50 bits per heavy atom. The number of rotatable bonds is 4. The van der Waals surface area contributed by atoms with Crippen molar-refractivity contribution in [3.8, 4) is 11.4 Å². The predicted octanol–water partition coefficient (Wildman–Crippen LogP) is 3.31. The van der Waals surface area contributed by atoms with Gasteiger partial charge in [-0.05, 0) is 49.2 Å². The minimum absolute atomic E-state index is 0.0626. The highest BCUT2D eigenvalue weighted by atomic mass is 19.1. The number of hydrogen-bond acceptors (Lipinski definition) is 5. The molecule has 1 N–H and O–H groups in total. The van der Waals surface area contributed by atoms with E-state index in [1.54, 1.807) is 24.5 Å². The molecule has 5 rings (SSSR count). The van der Waals surface area contributed by atoms with Crippen LogP contribution in [0.15, 0.2) is 41.2 Å². The van der Waals surface area contributed by atoms with E-state index in [-0.39, 0.29) is 36.3 Å². The maximum absolute atomic E-state index is 14.7. The van der Waals surface area contributed by atoms with Crippen LogP contribution in [0.1, 0.15) is 38.6 Å². The summed E-state index contributed by atoms with van der Waals surface area (Å²) < 4.78 is 43.7. The minimum atomic E-state index is -0.729. The highest BCUT2D eigenvalue weighted by Crippen LogP contribution is 2.25. The fraction of sp³-hybridized carbons (Fsp3) is 0.240. The summed E-state index contributed by atoms with van der Waals surface area (Å²) in [6, 6.07) is 7.40. The van der Waals surface area contributed by atoms with Crippen molar-refractivity contribution in [2.24, 2.45) is 0 Å². The van der Waals surface area contributed by atoms with Crippen molar-refractivity contribution in [2.75, 3.05) is 6.54 Å². The first-order valence-corrected chi connectivity index (χ1v) is 11.2. The summed E-state index contributed by atoms with van der Waals surface area (Å²) in [5.74, 6) is -1.91. The van der Waals surface area contributed by atoms with Gasteiger partial charge in [0.2, 0.25) is 0 Å². The SMILES string of the molecule is Cc1c(Cc2ccc(F)c(C(=O)N3CCn4c(nnc4-c4cc(F)cc(F)c4)C3)c2)n[nH]c(=O)c1C. The lowest BCUT2D eigenvalue weighted by molar-refractivity contribution is 0.0703. The summed E-state index contributed by atoms with van der Waals surface area (Å²) in [6.07, 6.45) is 0.311. The lowest BCUT2D eigenvalue weighted by atomic mass is 10.0. The number of benzene rings is 2. The highest BCUT2D eigenvalue weighted by molar-refractivity contribution is 5.94. The third-order valence-corrected chi connectivity index (χ3v) is 6.42. The zero-order valence-corrected chi connectivity index (χ0v) is 19.5. The molecular weight excluding hydrogens is 473 g/mol. The van der Waals surface area contributed by atoms with Crippen molar-refractivity contribution in [3.05, 3.63) is 98.0 Å². The van der Waals surface area contributed by atoms with Crippen LogP contribution in [0.5, 0.6) is 0 Å². The van der Waals surface area contributed by atoms with Crippen molar-refractivity contribution >= 4 is 5.91 Å². The summed E-state index contributed by atoms with van der Waals surface area (Å²) in [7, 11) is 0. The van der Waals surface area contributed by atoms with Gasteiger partial charge >= 0.3 is 0 Å². The van der Waals surface area contributed by atoms with E-state index < -0.39 is 23.4 Å². The Hall–Kier alpha value is -4.28. The number of hydrogen-bond donors (Lipinski definition) is 1. The standard InChI is InChI=1S/C25H21F3N6O2/c1-13-14(2)24(35)32-29-21(13)8-15-3-4-20(28)19(7-15)25(36)33-5-6-34-22(12-33)30-31-23(34)16-9-17(26)11-18(27)10-16/h3-4,7,9-11H,5-6,8,12H2,1-2H3,(H,32,35). The zero-order chi connectivity index (χ0) is 25.6. The fourth-order valence-corrected chi connectivity index (χ4v) is 4.28. The number of H-pyrrole nitrogens is 1. The van der Waals surface area contributed by atoms with Gasteiger partial charge in [-0.2, -0.15) is 5.10 Å². The molecule has 0 unspecified atom stereocenters. The molecule has 1 aliphatic rings. The van der Waals surface area contributed by atoms with Gasteiger partial charge in [-0.3, -0.25) is 9.59 Å². The first-order valence-electron chi connectivity index (χ1n) is 11.2. The molecular formula is C25H21F3N6O2. The van der Waals surface area contributed by atoms with Crippen LogP contribution in [0, 0.1) is 31.3 Å². The molecule has 0 saturated heterocycles. The molecule has 11 heteroatoms. The van der Waals surface area contributed by atoms with E-state index in [0.717, 1.165) is 11.6 Å². The molecule has 2 aromatic carbocycles. The molecule has 0 radical (unpaired) electrons. The lowest BCUT2D eigenvalue weighted by Crippen LogP contribution is -2.39. The molecule has 1 aliphatic heterocycles. The average Bonchev–Trinajstić information content (AvgIpc) is 3.28. The van der Waals surface area contributed by atoms with Crippen LogP contribution in [-0.2, 0) is 19.5 Å². The van der Waals surface area contributed by atoms with Crippen molar-refractivity contribution in [1.82, 2.24) is 29.9 Å². The number of amides is 1. The molecule has 0 aliphatic carbocycles. The van der Waals surface area contributed by atoms with Crippen molar-refractivity contribution in [3.63, 3.8) is 0 Å². The average molecular weight is 494 g/mol. The normalized spacial score (nSPS) is 13.1. The number of carbonyl (C=O) groups excluding carboxylic acids is 1. The Balaban J connectivity index is 1.38. The van der Waals surface area contributed by atoms with Crippen molar-refractivity contribution < 1.29 is 18.0 Å². The van der Waals surface area contributed by atoms with Crippen LogP contribution in [0.3, 0.4) is 0 Å². The molecule has 2 aromatic heterocycles.